The summed E-state index contributed by atoms with van der Waals surface area (Å²) in [4.78, 5) is 16.5. The number of amides is 1. The summed E-state index contributed by atoms with van der Waals surface area (Å²) in [7, 11) is 1.66. The monoisotopic (exact) mass is 338 g/mol. The van der Waals surface area contributed by atoms with Crippen LogP contribution >= 0.6 is 11.6 Å². The second-order valence-electron chi connectivity index (χ2n) is 5.52. The molecule has 0 spiro atoms. The Bertz CT molecular complexity index is 546. The molecular formula is C13H18ClF3N4O. The summed E-state index contributed by atoms with van der Waals surface area (Å²) < 4.78 is 41.2. The Morgan fingerprint density at radius 3 is 2.68 bits per heavy atom. The van der Waals surface area contributed by atoms with Crippen LogP contribution in [0.15, 0.2) is 6.20 Å². The average molecular weight is 339 g/mol. The number of alkyl halides is 3. The molecule has 1 aliphatic heterocycles. The van der Waals surface area contributed by atoms with Crippen LogP contribution in [-0.4, -0.2) is 45.2 Å². The second-order valence-corrected chi connectivity index (χ2v) is 5.91. The van der Waals surface area contributed by atoms with E-state index >= 15 is 0 Å². The first-order valence-corrected chi connectivity index (χ1v) is 7.30. The van der Waals surface area contributed by atoms with E-state index in [4.69, 9.17) is 11.6 Å². The van der Waals surface area contributed by atoms with Gasteiger partial charge in [-0.2, -0.15) is 13.2 Å². The van der Waals surface area contributed by atoms with E-state index in [1.54, 1.807) is 11.6 Å². The molecule has 1 N–H and O–H groups in total. The molecule has 2 rings (SSSR count). The van der Waals surface area contributed by atoms with Crippen molar-refractivity contribution in [3.05, 3.63) is 17.2 Å². The van der Waals surface area contributed by atoms with Crippen LogP contribution in [-0.2, 0) is 18.4 Å². The first-order chi connectivity index (χ1) is 10.2. The molecule has 22 heavy (non-hydrogen) atoms. The number of carbonyl (C=O) groups is 1. The van der Waals surface area contributed by atoms with Crippen molar-refractivity contribution < 1.29 is 18.0 Å². The lowest BCUT2D eigenvalue weighted by Crippen LogP contribution is -2.55. The van der Waals surface area contributed by atoms with Gasteiger partial charge >= 0.3 is 6.18 Å². The maximum atomic E-state index is 13.2. The standard InChI is InChI=1S/C13H18ClF3N4O/c1-8(22)19-9-3-4-10(13(15,16)17)21(6-9)7-12-18-5-11(14)20(12)2/h5,9-10H,3-4,6-7H2,1-2H3,(H,19,22)/t9-,10-/m1/s1. The number of rotatable bonds is 3. The molecule has 1 aliphatic rings. The lowest BCUT2D eigenvalue weighted by Gasteiger charge is -2.40. The van der Waals surface area contributed by atoms with Crippen molar-refractivity contribution in [2.75, 3.05) is 6.54 Å². The largest absolute Gasteiger partial charge is 0.404 e. The Morgan fingerprint density at radius 1 is 1.50 bits per heavy atom. The number of carbonyl (C=O) groups excluding carboxylic acids is 1. The summed E-state index contributed by atoms with van der Waals surface area (Å²) in [6, 6.07) is -1.82. The van der Waals surface area contributed by atoms with E-state index in [-0.39, 0.29) is 31.5 Å². The van der Waals surface area contributed by atoms with Gasteiger partial charge in [-0.15, -0.1) is 0 Å². The van der Waals surface area contributed by atoms with Crippen LogP contribution in [0.2, 0.25) is 5.15 Å². The SMILES string of the molecule is CC(=O)N[C@@H]1CC[C@H](C(F)(F)F)N(Cc2ncc(Cl)n2C)C1. The first-order valence-electron chi connectivity index (χ1n) is 6.92. The summed E-state index contributed by atoms with van der Waals surface area (Å²) in [5.74, 6) is 0.221. The van der Waals surface area contributed by atoms with Crippen molar-refractivity contribution in [2.45, 2.75) is 44.6 Å². The van der Waals surface area contributed by atoms with Crippen molar-refractivity contribution in [2.24, 2.45) is 7.05 Å². The van der Waals surface area contributed by atoms with Gasteiger partial charge in [0.05, 0.1) is 12.7 Å². The minimum atomic E-state index is -4.31. The quantitative estimate of drug-likeness (QED) is 0.918. The Hall–Kier alpha value is -1.28. The van der Waals surface area contributed by atoms with E-state index in [0.717, 1.165) is 0 Å². The smallest absolute Gasteiger partial charge is 0.352 e. The summed E-state index contributed by atoms with van der Waals surface area (Å²) in [5.41, 5.74) is 0. The minimum absolute atomic E-state index is 0.0312. The van der Waals surface area contributed by atoms with Crippen LogP contribution in [0.5, 0.6) is 0 Å². The van der Waals surface area contributed by atoms with Crippen LogP contribution < -0.4 is 5.32 Å². The number of aromatic nitrogens is 2. The van der Waals surface area contributed by atoms with Gasteiger partial charge < -0.3 is 9.88 Å². The van der Waals surface area contributed by atoms with Gasteiger partial charge in [0.15, 0.2) is 0 Å². The normalized spacial score (nSPS) is 23.5. The summed E-state index contributed by atoms with van der Waals surface area (Å²) in [6.07, 6.45) is -2.64. The van der Waals surface area contributed by atoms with E-state index < -0.39 is 12.2 Å². The molecule has 0 saturated carbocycles. The molecule has 124 valence electrons. The zero-order chi connectivity index (χ0) is 16.5. The molecule has 1 aromatic rings. The molecule has 2 heterocycles. The van der Waals surface area contributed by atoms with Crippen molar-refractivity contribution in [1.29, 1.82) is 0 Å². The van der Waals surface area contributed by atoms with Gasteiger partial charge in [0.1, 0.15) is 17.0 Å². The molecule has 1 amide bonds. The fraction of sp³-hybridized carbons (Fsp3) is 0.692. The van der Waals surface area contributed by atoms with Gasteiger partial charge in [0, 0.05) is 26.6 Å². The highest BCUT2D eigenvalue weighted by Gasteiger charge is 2.46. The molecule has 0 aromatic carbocycles. The number of likely N-dealkylation sites (tertiary alicyclic amines) is 1. The third-order valence-corrected chi connectivity index (χ3v) is 4.19. The van der Waals surface area contributed by atoms with E-state index in [1.807, 2.05) is 0 Å². The van der Waals surface area contributed by atoms with Crippen molar-refractivity contribution in [3.63, 3.8) is 0 Å². The predicted octanol–water partition coefficient (Wildman–Crippen LogP) is 2.10. The predicted molar refractivity (Wildman–Crippen MR) is 75.3 cm³/mol. The van der Waals surface area contributed by atoms with Crippen molar-refractivity contribution in [3.8, 4) is 0 Å². The van der Waals surface area contributed by atoms with Crippen LogP contribution in [0.4, 0.5) is 13.2 Å². The molecule has 0 bridgehead atoms. The lowest BCUT2D eigenvalue weighted by molar-refractivity contribution is -0.194. The maximum Gasteiger partial charge on any atom is 0.404 e. The lowest BCUT2D eigenvalue weighted by atomic mass is 9.97. The second kappa shape index (κ2) is 6.45. The van der Waals surface area contributed by atoms with Crippen LogP contribution in [0.1, 0.15) is 25.6 Å². The van der Waals surface area contributed by atoms with Crippen molar-refractivity contribution in [1.82, 2.24) is 19.8 Å². The maximum absolute atomic E-state index is 13.2. The van der Waals surface area contributed by atoms with Gasteiger partial charge in [0.2, 0.25) is 5.91 Å². The van der Waals surface area contributed by atoms with Crippen LogP contribution in [0.3, 0.4) is 0 Å². The van der Waals surface area contributed by atoms with Gasteiger partial charge in [-0.3, -0.25) is 9.69 Å². The zero-order valence-electron chi connectivity index (χ0n) is 12.3. The highest BCUT2D eigenvalue weighted by atomic mass is 35.5. The number of nitrogens with one attached hydrogen (secondary N) is 1. The third kappa shape index (κ3) is 3.92. The molecule has 0 aliphatic carbocycles. The Kier molecular flexibility index (Phi) is 5.01. The molecule has 2 atom stereocenters. The minimum Gasteiger partial charge on any atom is -0.352 e. The Morgan fingerprint density at radius 2 is 2.18 bits per heavy atom. The Labute approximate surface area is 131 Å². The molecule has 0 radical (unpaired) electrons. The van der Waals surface area contributed by atoms with Gasteiger partial charge in [0.25, 0.3) is 0 Å². The molecule has 0 unspecified atom stereocenters. The van der Waals surface area contributed by atoms with E-state index in [0.29, 0.717) is 17.4 Å². The van der Waals surface area contributed by atoms with E-state index in [1.165, 1.54) is 18.0 Å². The summed E-state index contributed by atoms with van der Waals surface area (Å²) >= 11 is 5.87. The number of hydrogen-bond donors (Lipinski definition) is 1. The number of halogens is 4. The van der Waals surface area contributed by atoms with Crippen molar-refractivity contribution >= 4 is 17.5 Å². The van der Waals surface area contributed by atoms with Crippen LogP contribution in [0.25, 0.3) is 0 Å². The number of nitrogens with zero attached hydrogens (tertiary/aromatic N) is 3. The van der Waals surface area contributed by atoms with Gasteiger partial charge in [-0.05, 0) is 12.8 Å². The highest BCUT2D eigenvalue weighted by Crippen LogP contribution is 2.33. The molecule has 1 saturated heterocycles. The third-order valence-electron chi connectivity index (χ3n) is 3.84. The molecule has 9 heteroatoms. The number of piperidine rings is 1. The van der Waals surface area contributed by atoms with Gasteiger partial charge in [-0.1, -0.05) is 11.6 Å². The fourth-order valence-corrected chi connectivity index (χ4v) is 2.89. The number of hydrogen-bond acceptors (Lipinski definition) is 3. The summed E-state index contributed by atoms with van der Waals surface area (Å²) in [6.45, 7) is 1.52. The number of imidazole rings is 1. The van der Waals surface area contributed by atoms with Gasteiger partial charge in [-0.25, -0.2) is 4.98 Å². The zero-order valence-corrected chi connectivity index (χ0v) is 13.1. The molecule has 5 nitrogen and oxygen atoms in total. The fourth-order valence-electron chi connectivity index (χ4n) is 2.75. The van der Waals surface area contributed by atoms with Crippen LogP contribution in [0, 0.1) is 0 Å². The highest BCUT2D eigenvalue weighted by molar-refractivity contribution is 6.29. The molecule has 1 fully saturated rings. The molecule has 1 aromatic heterocycles. The summed E-state index contributed by atoms with van der Waals surface area (Å²) in [5, 5.41) is 3.06. The van der Waals surface area contributed by atoms with E-state index in [9.17, 15) is 18.0 Å². The van der Waals surface area contributed by atoms with E-state index in [2.05, 4.69) is 10.3 Å². The first kappa shape index (κ1) is 17.1. The topological polar surface area (TPSA) is 50.2 Å². The Balaban J connectivity index is 2.16. The molecular weight excluding hydrogens is 321 g/mol. The average Bonchev–Trinajstić information content (AvgIpc) is 2.69.